The summed E-state index contributed by atoms with van der Waals surface area (Å²) in [5.74, 6) is 1.01. The summed E-state index contributed by atoms with van der Waals surface area (Å²) in [5, 5.41) is 6.08. The van der Waals surface area contributed by atoms with Gasteiger partial charge in [-0.1, -0.05) is 6.07 Å². The van der Waals surface area contributed by atoms with Crippen molar-refractivity contribution in [2.75, 3.05) is 25.6 Å². The molecule has 0 saturated carbocycles. The number of anilines is 1. The average molecular weight is 357 g/mol. The fourth-order valence-electron chi connectivity index (χ4n) is 2.76. The van der Waals surface area contributed by atoms with Crippen LogP contribution < -0.4 is 20.1 Å². The minimum Gasteiger partial charge on any atom is -0.493 e. The zero-order chi connectivity index (χ0) is 18.4. The molecule has 1 fully saturated rings. The molecule has 2 atom stereocenters. The summed E-state index contributed by atoms with van der Waals surface area (Å²) >= 11 is 0. The van der Waals surface area contributed by atoms with E-state index in [1.165, 1.54) is 0 Å². The summed E-state index contributed by atoms with van der Waals surface area (Å²) < 4.78 is 16.7. The molecule has 0 bridgehead atoms. The minimum atomic E-state index is -0.384. The van der Waals surface area contributed by atoms with Crippen molar-refractivity contribution in [3.8, 4) is 11.5 Å². The van der Waals surface area contributed by atoms with Gasteiger partial charge in [0.15, 0.2) is 11.5 Å². The van der Waals surface area contributed by atoms with Crippen molar-refractivity contribution in [3.63, 3.8) is 0 Å². The van der Waals surface area contributed by atoms with Crippen LogP contribution in [0.3, 0.4) is 0 Å². The third-order valence-corrected chi connectivity index (χ3v) is 4.15. The lowest BCUT2D eigenvalue weighted by Crippen LogP contribution is -2.53. The number of morpholine rings is 1. The monoisotopic (exact) mass is 357 g/mol. The summed E-state index contributed by atoms with van der Waals surface area (Å²) in [6, 6.07) is 8.70. The van der Waals surface area contributed by atoms with Crippen molar-refractivity contribution in [1.29, 1.82) is 0 Å². The van der Waals surface area contributed by atoms with Crippen LogP contribution in [0.15, 0.2) is 42.7 Å². The van der Waals surface area contributed by atoms with Crippen LogP contribution in [0.2, 0.25) is 0 Å². The lowest BCUT2D eigenvalue weighted by atomic mass is 10.1. The van der Waals surface area contributed by atoms with Crippen LogP contribution in [-0.4, -0.2) is 43.3 Å². The summed E-state index contributed by atoms with van der Waals surface area (Å²) in [6.45, 7) is 3.51. The molecular formula is C19H23N3O4. The molecule has 1 aromatic carbocycles. The number of carbonyl (C=O) groups excluding carboxylic acids is 1. The Balaban J connectivity index is 1.69. The number of benzene rings is 1. The van der Waals surface area contributed by atoms with Crippen LogP contribution in [-0.2, 0) is 16.1 Å². The predicted octanol–water partition coefficient (Wildman–Crippen LogP) is 1.98. The van der Waals surface area contributed by atoms with Crippen molar-refractivity contribution < 1.29 is 19.0 Å². The average Bonchev–Trinajstić information content (AvgIpc) is 2.67. The summed E-state index contributed by atoms with van der Waals surface area (Å²) in [7, 11) is 1.58. The van der Waals surface area contributed by atoms with Gasteiger partial charge in [0, 0.05) is 36.3 Å². The van der Waals surface area contributed by atoms with Crippen molar-refractivity contribution >= 4 is 11.6 Å². The van der Waals surface area contributed by atoms with E-state index < -0.39 is 0 Å². The highest BCUT2D eigenvalue weighted by Crippen LogP contribution is 2.31. The number of amides is 1. The molecule has 1 amide bonds. The Hall–Kier alpha value is -2.64. The molecular weight excluding hydrogens is 334 g/mol. The first-order valence-electron chi connectivity index (χ1n) is 8.53. The third-order valence-electron chi connectivity index (χ3n) is 4.15. The van der Waals surface area contributed by atoms with E-state index in [-0.39, 0.29) is 18.1 Å². The van der Waals surface area contributed by atoms with Gasteiger partial charge >= 0.3 is 0 Å². The first-order chi connectivity index (χ1) is 12.7. The Morgan fingerprint density at radius 3 is 3.00 bits per heavy atom. The number of nitrogens with one attached hydrogen (secondary N) is 2. The molecule has 1 aliphatic heterocycles. The number of methoxy groups -OCH3 is 1. The van der Waals surface area contributed by atoms with Gasteiger partial charge < -0.3 is 24.8 Å². The van der Waals surface area contributed by atoms with E-state index in [0.29, 0.717) is 36.9 Å². The molecule has 7 nitrogen and oxygen atoms in total. The van der Waals surface area contributed by atoms with Crippen molar-refractivity contribution in [2.45, 2.75) is 25.7 Å². The van der Waals surface area contributed by atoms with Crippen molar-refractivity contribution in [3.05, 3.63) is 48.3 Å². The van der Waals surface area contributed by atoms with Gasteiger partial charge in [-0.2, -0.15) is 0 Å². The third kappa shape index (κ3) is 4.50. The molecule has 1 saturated heterocycles. The van der Waals surface area contributed by atoms with Gasteiger partial charge in [0.1, 0.15) is 12.6 Å². The quantitative estimate of drug-likeness (QED) is 0.823. The lowest BCUT2D eigenvalue weighted by Gasteiger charge is -2.29. The summed E-state index contributed by atoms with van der Waals surface area (Å²) in [6.07, 6.45) is 3.28. The summed E-state index contributed by atoms with van der Waals surface area (Å²) in [4.78, 5) is 16.6. The highest BCUT2D eigenvalue weighted by Gasteiger charge is 2.28. The Labute approximate surface area is 152 Å². The maximum absolute atomic E-state index is 12.5. The second-order valence-electron chi connectivity index (χ2n) is 6.01. The molecule has 2 heterocycles. The number of hydrogen-bond acceptors (Lipinski definition) is 6. The van der Waals surface area contributed by atoms with Gasteiger partial charge in [0.25, 0.3) is 0 Å². The molecule has 1 aromatic heterocycles. The van der Waals surface area contributed by atoms with Gasteiger partial charge in [0.2, 0.25) is 5.91 Å². The molecule has 0 spiro atoms. The molecule has 0 aliphatic carbocycles. The zero-order valence-electron chi connectivity index (χ0n) is 14.9. The van der Waals surface area contributed by atoms with Crippen LogP contribution in [0.1, 0.15) is 12.5 Å². The van der Waals surface area contributed by atoms with E-state index in [2.05, 4.69) is 15.6 Å². The van der Waals surface area contributed by atoms with Crippen molar-refractivity contribution in [2.24, 2.45) is 0 Å². The Morgan fingerprint density at radius 1 is 1.38 bits per heavy atom. The Bertz CT molecular complexity index is 739. The number of carbonyl (C=O) groups is 1. The fourth-order valence-corrected chi connectivity index (χ4v) is 2.76. The number of aromatic nitrogens is 1. The SMILES string of the molecule is COc1ccc(NC(=O)[C@H]2NCCO[C@@H]2C)cc1OCc1cccnc1. The number of rotatable bonds is 6. The Kier molecular flexibility index (Phi) is 6.04. The van der Waals surface area contributed by atoms with E-state index in [1.807, 2.05) is 19.1 Å². The topological polar surface area (TPSA) is 81.7 Å². The van der Waals surface area contributed by atoms with Gasteiger partial charge in [-0.15, -0.1) is 0 Å². The van der Waals surface area contributed by atoms with E-state index in [9.17, 15) is 4.79 Å². The molecule has 3 rings (SSSR count). The Morgan fingerprint density at radius 2 is 2.27 bits per heavy atom. The zero-order valence-corrected chi connectivity index (χ0v) is 14.9. The number of ether oxygens (including phenoxy) is 3. The van der Waals surface area contributed by atoms with E-state index in [0.717, 1.165) is 5.56 Å². The van der Waals surface area contributed by atoms with Gasteiger partial charge in [-0.05, 0) is 25.1 Å². The van der Waals surface area contributed by atoms with E-state index in [1.54, 1.807) is 37.7 Å². The molecule has 0 radical (unpaired) electrons. The summed E-state index contributed by atoms with van der Waals surface area (Å²) in [5.41, 5.74) is 1.58. The largest absolute Gasteiger partial charge is 0.493 e. The lowest BCUT2D eigenvalue weighted by molar-refractivity contribution is -0.123. The molecule has 0 unspecified atom stereocenters. The second kappa shape index (κ2) is 8.64. The number of pyridine rings is 1. The maximum atomic E-state index is 12.5. The van der Waals surface area contributed by atoms with Crippen LogP contribution in [0.4, 0.5) is 5.69 Å². The highest BCUT2D eigenvalue weighted by molar-refractivity contribution is 5.95. The number of hydrogen-bond donors (Lipinski definition) is 2. The highest BCUT2D eigenvalue weighted by atomic mass is 16.5. The molecule has 1 aliphatic rings. The molecule has 2 N–H and O–H groups in total. The van der Waals surface area contributed by atoms with Crippen LogP contribution >= 0.6 is 0 Å². The van der Waals surface area contributed by atoms with Crippen LogP contribution in [0.5, 0.6) is 11.5 Å². The first-order valence-corrected chi connectivity index (χ1v) is 8.53. The van der Waals surface area contributed by atoms with Gasteiger partial charge in [0.05, 0.1) is 19.8 Å². The smallest absolute Gasteiger partial charge is 0.244 e. The normalized spacial score (nSPS) is 19.6. The molecule has 2 aromatic rings. The van der Waals surface area contributed by atoms with E-state index >= 15 is 0 Å². The molecule has 138 valence electrons. The van der Waals surface area contributed by atoms with Crippen molar-refractivity contribution in [1.82, 2.24) is 10.3 Å². The standard InChI is InChI=1S/C19H23N3O4/c1-13-18(21-8-9-25-13)19(23)22-15-5-6-16(24-2)17(10-15)26-12-14-4-3-7-20-11-14/h3-7,10-11,13,18,21H,8-9,12H2,1-2H3,(H,22,23)/t13-,18+/m1/s1. The molecule has 26 heavy (non-hydrogen) atoms. The van der Waals surface area contributed by atoms with Crippen LogP contribution in [0, 0.1) is 0 Å². The first kappa shape index (κ1) is 18.2. The van der Waals surface area contributed by atoms with Crippen LogP contribution in [0.25, 0.3) is 0 Å². The molecule has 7 heteroatoms. The van der Waals surface area contributed by atoms with E-state index in [4.69, 9.17) is 14.2 Å². The van der Waals surface area contributed by atoms with Gasteiger partial charge in [-0.25, -0.2) is 0 Å². The predicted molar refractivity (Wildman–Crippen MR) is 97.4 cm³/mol. The van der Waals surface area contributed by atoms with Gasteiger partial charge in [-0.3, -0.25) is 9.78 Å². The second-order valence-corrected chi connectivity index (χ2v) is 6.01. The number of nitrogens with zero attached hydrogens (tertiary/aromatic N) is 1. The minimum absolute atomic E-state index is 0.138. The fraction of sp³-hybridized carbons (Fsp3) is 0.368. The maximum Gasteiger partial charge on any atom is 0.244 e.